The number of aliphatic carboxylic acids is 2. The molecule has 0 atom stereocenters. The van der Waals surface area contributed by atoms with Crippen LogP contribution < -0.4 is 47.9 Å². The summed E-state index contributed by atoms with van der Waals surface area (Å²) < 4.78 is 0. The van der Waals surface area contributed by atoms with Gasteiger partial charge in [0.05, 0.1) is 0 Å². The molecule has 0 aromatic heterocycles. The van der Waals surface area contributed by atoms with Crippen LogP contribution >= 0.6 is 0 Å². The van der Waals surface area contributed by atoms with Crippen LogP contribution in [-0.2, 0) is 9.59 Å². The standard InChI is InChI=1S/2C12H24O2.2Li/c2*1-2-3-4-5-6-7-8-9-10-11-12(13)14;;/h2*2-11H2,1H3,(H,13,14);;/q;;2*+1/p-2. The van der Waals surface area contributed by atoms with E-state index in [1.54, 1.807) is 0 Å². The molecule has 0 N–H and O–H groups in total. The molecule has 0 aliphatic heterocycles. The Morgan fingerprint density at radius 3 is 0.833 bits per heavy atom. The molecule has 0 spiro atoms. The molecule has 0 aliphatic rings. The van der Waals surface area contributed by atoms with E-state index in [2.05, 4.69) is 13.8 Å². The van der Waals surface area contributed by atoms with Gasteiger partial charge in [-0.05, 0) is 25.7 Å². The largest absolute Gasteiger partial charge is 1.00 e. The van der Waals surface area contributed by atoms with Gasteiger partial charge in [-0.25, -0.2) is 0 Å². The minimum atomic E-state index is -0.909. The number of rotatable bonds is 20. The maximum atomic E-state index is 10.1. The van der Waals surface area contributed by atoms with E-state index < -0.39 is 11.9 Å². The Bertz CT molecular complexity index is 307. The molecule has 0 saturated heterocycles. The summed E-state index contributed by atoms with van der Waals surface area (Å²) in [7, 11) is 0. The van der Waals surface area contributed by atoms with Crippen LogP contribution in [0.5, 0.6) is 0 Å². The smallest absolute Gasteiger partial charge is 0.550 e. The van der Waals surface area contributed by atoms with Crippen LogP contribution in [0.1, 0.15) is 142 Å². The third-order valence-electron chi connectivity index (χ3n) is 4.97. The van der Waals surface area contributed by atoms with Crippen LogP contribution in [0.3, 0.4) is 0 Å². The molecule has 0 amide bonds. The van der Waals surface area contributed by atoms with E-state index in [0.717, 1.165) is 25.7 Å². The monoisotopic (exact) mass is 412 g/mol. The van der Waals surface area contributed by atoms with Gasteiger partial charge < -0.3 is 19.8 Å². The molecule has 168 valence electrons. The molecule has 30 heavy (non-hydrogen) atoms. The molecule has 0 fully saturated rings. The third kappa shape index (κ3) is 42.3. The quantitative estimate of drug-likeness (QED) is 0.196. The third-order valence-corrected chi connectivity index (χ3v) is 4.97. The molecule has 0 radical (unpaired) electrons. The van der Waals surface area contributed by atoms with Gasteiger partial charge in [0.2, 0.25) is 0 Å². The van der Waals surface area contributed by atoms with Crippen molar-refractivity contribution < 1.29 is 57.5 Å². The maximum Gasteiger partial charge on any atom is 1.00 e. The van der Waals surface area contributed by atoms with Gasteiger partial charge in [0, 0.05) is 11.9 Å². The fraction of sp³-hybridized carbons (Fsp3) is 0.917. The average Bonchev–Trinajstić information content (AvgIpc) is 2.65. The Morgan fingerprint density at radius 1 is 0.433 bits per heavy atom. The first-order valence-corrected chi connectivity index (χ1v) is 11.9. The summed E-state index contributed by atoms with van der Waals surface area (Å²) in [4.78, 5) is 20.2. The zero-order valence-electron chi connectivity index (χ0n) is 20.8. The number of carboxylic acid groups (broad SMARTS) is 2. The summed E-state index contributed by atoms with van der Waals surface area (Å²) >= 11 is 0. The fourth-order valence-electron chi connectivity index (χ4n) is 3.16. The van der Waals surface area contributed by atoms with Gasteiger partial charge in [-0.1, -0.05) is 117 Å². The number of carboxylic acids is 2. The van der Waals surface area contributed by atoms with E-state index in [0.29, 0.717) is 0 Å². The van der Waals surface area contributed by atoms with Crippen molar-refractivity contribution in [2.24, 2.45) is 0 Å². The van der Waals surface area contributed by atoms with E-state index in [1.807, 2.05) is 0 Å². The Kier molecular flexibility index (Phi) is 42.1. The van der Waals surface area contributed by atoms with Crippen LogP contribution in [0.4, 0.5) is 0 Å². The van der Waals surface area contributed by atoms with E-state index in [9.17, 15) is 19.8 Å². The van der Waals surface area contributed by atoms with E-state index >= 15 is 0 Å². The van der Waals surface area contributed by atoms with Gasteiger partial charge in [-0.15, -0.1) is 0 Å². The van der Waals surface area contributed by atoms with Crippen LogP contribution in [0, 0.1) is 0 Å². The van der Waals surface area contributed by atoms with Gasteiger partial charge in [0.25, 0.3) is 0 Å². The zero-order valence-corrected chi connectivity index (χ0v) is 20.8. The van der Waals surface area contributed by atoms with Crippen molar-refractivity contribution in [3.8, 4) is 0 Å². The van der Waals surface area contributed by atoms with Crippen molar-refractivity contribution in [2.75, 3.05) is 0 Å². The predicted octanol–water partition coefficient (Wildman–Crippen LogP) is -0.678. The van der Waals surface area contributed by atoms with Crippen LogP contribution in [0.25, 0.3) is 0 Å². The van der Waals surface area contributed by atoms with E-state index in [-0.39, 0.29) is 50.6 Å². The van der Waals surface area contributed by atoms with E-state index in [4.69, 9.17) is 0 Å². The van der Waals surface area contributed by atoms with Crippen LogP contribution in [-0.4, -0.2) is 11.9 Å². The normalized spacial score (nSPS) is 9.67. The number of hydrogen-bond acceptors (Lipinski definition) is 4. The molecule has 0 aromatic rings. The molecule has 0 aromatic carbocycles. The first-order chi connectivity index (χ1) is 13.5. The SMILES string of the molecule is CCCCCCCCCCCC(=O)[O-].CCCCCCCCCCCC(=O)[O-].[Li+].[Li+]. The average molecular weight is 413 g/mol. The summed E-state index contributed by atoms with van der Waals surface area (Å²) in [6.45, 7) is 4.44. The number of carbonyl (C=O) groups is 2. The fourth-order valence-corrected chi connectivity index (χ4v) is 3.16. The molecule has 0 heterocycles. The van der Waals surface area contributed by atoms with Crippen molar-refractivity contribution in [3.05, 3.63) is 0 Å². The Balaban J connectivity index is -0.000000211. The second-order valence-electron chi connectivity index (χ2n) is 7.90. The Morgan fingerprint density at radius 2 is 0.633 bits per heavy atom. The summed E-state index contributed by atoms with van der Waals surface area (Å²) in [6, 6.07) is 0. The first-order valence-electron chi connectivity index (χ1n) is 11.9. The van der Waals surface area contributed by atoms with Crippen LogP contribution in [0.2, 0.25) is 0 Å². The van der Waals surface area contributed by atoms with Crippen molar-refractivity contribution in [2.45, 2.75) is 142 Å². The molecule has 6 heteroatoms. The molecule has 0 bridgehead atoms. The predicted molar refractivity (Wildman–Crippen MR) is 114 cm³/mol. The van der Waals surface area contributed by atoms with Gasteiger partial charge in [-0.2, -0.15) is 0 Å². The molecular formula is C24H46Li2O4. The van der Waals surface area contributed by atoms with Crippen molar-refractivity contribution >= 4 is 11.9 Å². The molecule has 0 aliphatic carbocycles. The van der Waals surface area contributed by atoms with Crippen molar-refractivity contribution in [3.63, 3.8) is 0 Å². The molecule has 0 saturated carbocycles. The Labute approximate surface area is 211 Å². The molecule has 4 nitrogen and oxygen atoms in total. The number of carbonyl (C=O) groups excluding carboxylic acids is 2. The van der Waals surface area contributed by atoms with Crippen LogP contribution in [0.15, 0.2) is 0 Å². The molecule has 0 unspecified atom stereocenters. The summed E-state index contributed by atoms with van der Waals surface area (Å²) in [6.07, 6.45) is 22.3. The summed E-state index contributed by atoms with van der Waals surface area (Å²) in [5.74, 6) is -1.82. The topological polar surface area (TPSA) is 80.3 Å². The minimum Gasteiger partial charge on any atom is -0.550 e. The van der Waals surface area contributed by atoms with Gasteiger partial charge >= 0.3 is 37.7 Å². The van der Waals surface area contributed by atoms with Gasteiger partial charge in [-0.3, -0.25) is 0 Å². The summed E-state index contributed by atoms with van der Waals surface area (Å²) in [5.41, 5.74) is 0. The number of hydrogen-bond donors (Lipinski definition) is 0. The number of unbranched alkanes of at least 4 members (excludes halogenated alkanes) is 16. The second-order valence-corrected chi connectivity index (χ2v) is 7.90. The van der Waals surface area contributed by atoms with Crippen molar-refractivity contribution in [1.82, 2.24) is 0 Å². The molecular weight excluding hydrogens is 366 g/mol. The first kappa shape index (κ1) is 37.5. The maximum absolute atomic E-state index is 10.1. The van der Waals surface area contributed by atoms with Gasteiger partial charge in [0.1, 0.15) is 0 Å². The summed E-state index contributed by atoms with van der Waals surface area (Å²) in [5, 5.41) is 20.2. The van der Waals surface area contributed by atoms with Crippen molar-refractivity contribution in [1.29, 1.82) is 0 Å². The van der Waals surface area contributed by atoms with Gasteiger partial charge in [0.15, 0.2) is 0 Å². The van der Waals surface area contributed by atoms with E-state index in [1.165, 1.54) is 89.9 Å². The minimum absolute atomic E-state index is 0. The molecule has 0 rings (SSSR count). The second kappa shape index (κ2) is 33.8. The Hall–Kier alpha value is 0.135. The zero-order chi connectivity index (χ0) is 21.3.